The summed E-state index contributed by atoms with van der Waals surface area (Å²) >= 11 is 0. The molecule has 0 aliphatic rings. The molecule has 84 valence electrons. The molecule has 0 amide bonds. The van der Waals surface area contributed by atoms with Crippen molar-refractivity contribution in [2.75, 3.05) is 17.1 Å². The predicted molar refractivity (Wildman–Crippen MR) is 54.5 cm³/mol. The highest BCUT2D eigenvalue weighted by Gasteiger charge is 2.23. The molecule has 0 fully saturated rings. The van der Waals surface area contributed by atoms with Gasteiger partial charge < -0.3 is 5.32 Å². The van der Waals surface area contributed by atoms with Crippen LogP contribution in [0, 0.1) is 0 Å². The van der Waals surface area contributed by atoms with Crippen molar-refractivity contribution in [1.29, 1.82) is 0 Å². The predicted octanol–water partition coefficient (Wildman–Crippen LogP) is 1.69. The Morgan fingerprint density at radius 3 is 2.00 bits per heavy atom. The summed E-state index contributed by atoms with van der Waals surface area (Å²) < 4.78 is 47.3. The topological polar surface area (TPSA) is 58.2 Å². The quantitative estimate of drug-likeness (QED) is 0.836. The Bertz CT molecular complexity index is 417. The van der Waals surface area contributed by atoms with Gasteiger partial charge in [-0.15, -0.1) is 0 Å². The zero-order valence-corrected chi connectivity index (χ0v) is 8.68. The molecular formula is C8H10F2N2O2S. The van der Waals surface area contributed by atoms with Crippen molar-refractivity contribution >= 4 is 21.4 Å². The third-order valence-electron chi connectivity index (χ3n) is 1.67. The summed E-state index contributed by atoms with van der Waals surface area (Å²) in [6, 6.07) is 5.93. The molecule has 0 aliphatic carbocycles. The number of anilines is 2. The lowest BCUT2D eigenvalue weighted by Crippen LogP contribution is -2.20. The van der Waals surface area contributed by atoms with E-state index in [0.717, 1.165) is 5.69 Å². The van der Waals surface area contributed by atoms with Gasteiger partial charge >= 0.3 is 5.76 Å². The van der Waals surface area contributed by atoms with E-state index in [-0.39, 0.29) is 5.69 Å². The van der Waals surface area contributed by atoms with Gasteiger partial charge in [-0.1, -0.05) is 0 Å². The molecular weight excluding hydrogens is 226 g/mol. The SMILES string of the molecule is CNc1ccc(NS(=O)(=O)C(F)F)cc1. The van der Waals surface area contributed by atoms with Crippen LogP contribution >= 0.6 is 0 Å². The van der Waals surface area contributed by atoms with Gasteiger partial charge in [0.15, 0.2) is 0 Å². The van der Waals surface area contributed by atoms with Gasteiger partial charge in [0.25, 0.3) is 10.0 Å². The molecule has 0 radical (unpaired) electrons. The van der Waals surface area contributed by atoms with Gasteiger partial charge in [0.2, 0.25) is 0 Å². The summed E-state index contributed by atoms with van der Waals surface area (Å²) in [5.74, 6) is -3.43. The van der Waals surface area contributed by atoms with E-state index in [1.165, 1.54) is 12.1 Å². The number of hydrogen-bond donors (Lipinski definition) is 2. The number of sulfonamides is 1. The first-order valence-corrected chi connectivity index (χ1v) is 5.58. The van der Waals surface area contributed by atoms with Gasteiger partial charge in [-0.05, 0) is 24.3 Å². The summed E-state index contributed by atoms with van der Waals surface area (Å²) in [4.78, 5) is 0. The van der Waals surface area contributed by atoms with E-state index in [1.54, 1.807) is 23.9 Å². The molecule has 1 rings (SSSR count). The van der Waals surface area contributed by atoms with Crippen molar-refractivity contribution in [2.24, 2.45) is 0 Å². The lowest BCUT2D eigenvalue weighted by atomic mass is 10.3. The van der Waals surface area contributed by atoms with Gasteiger partial charge in [-0.3, -0.25) is 4.72 Å². The van der Waals surface area contributed by atoms with Crippen LogP contribution in [0.4, 0.5) is 20.2 Å². The highest BCUT2D eigenvalue weighted by Crippen LogP contribution is 2.16. The first-order valence-electron chi connectivity index (χ1n) is 4.03. The van der Waals surface area contributed by atoms with Crippen LogP contribution in [-0.2, 0) is 10.0 Å². The van der Waals surface area contributed by atoms with E-state index in [0.29, 0.717) is 0 Å². The Morgan fingerprint density at radius 1 is 1.13 bits per heavy atom. The molecule has 4 nitrogen and oxygen atoms in total. The Labute approximate surface area is 86.4 Å². The molecule has 0 atom stereocenters. The third-order valence-corrected chi connectivity index (χ3v) is 2.66. The fraction of sp³-hybridized carbons (Fsp3) is 0.250. The zero-order valence-electron chi connectivity index (χ0n) is 7.87. The molecule has 0 aliphatic heterocycles. The van der Waals surface area contributed by atoms with Crippen molar-refractivity contribution in [3.63, 3.8) is 0 Å². The van der Waals surface area contributed by atoms with E-state index < -0.39 is 15.8 Å². The molecule has 15 heavy (non-hydrogen) atoms. The Morgan fingerprint density at radius 2 is 1.60 bits per heavy atom. The fourth-order valence-corrected chi connectivity index (χ4v) is 1.47. The van der Waals surface area contributed by atoms with Crippen LogP contribution in [0.3, 0.4) is 0 Å². The van der Waals surface area contributed by atoms with E-state index in [9.17, 15) is 17.2 Å². The smallest absolute Gasteiger partial charge is 0.355 e. The number of hydrogen-bond acceptors (Lipinski definition) is 3. The van der Waals surface area contributed by atoms with E-state index in [1.807, 2.05) is 0 Å². The van der Waals surface area contributed by atoms with Crippen LogP contribution in [0.1, 0.15) is 0 Å². The van der Waals surface area contributed by atoms with Crippen LogP contribution in [0.25, 0.3) is 0 Å². The van der Waals surface area contributed by atoms with Crippen LogP contribution in [0.15, 0.2) is 24.3 Å². The molecule has 0 saturated heterocycles. The van der Waals surface area contributed by atoms with Gasteiger partial charge in [0, 0.05) is 18.4 Å². The molecule has 0 spiro atoms. The second kappa shape index (κ2) is 4.43. The lowest BCUT2D eigenvalue weighted by molar-refractivity contribution is 0.236. The van der Waals surface area contributed by atoms with E-state index >= 15 is 0 Å². The minimum absolute atomic E-state index is 0.106. The summed E-state index contributed by atoms with van der Waals surface area (Å²) in [7, 11) is -2.88. The summed E-state index contributed by atoms with van der Waals surface area (Å²) in [6.45, 7) is 0. The summed E-state index contributed by atoms with van der Waals surface area (Å²) in [6.07, 6.45) is 0. The molecule has 0 unspecified atom stereocenters. The second-order valence-electron chi connectivity index (χ2n) is 2.74. The van der Waals surface area contributed by atoms with Crippen molar-refractivity contribution < 1.29 is 17.2 Å². The van der Waals surface area contributed by atoms with Gasteiger partial charge in [0.1, 0.15) is 0 Å². The summed E-state index contributed by atoms with van der Waals surface area (Å²) in [5.41, 5.74) is 0.865. The van der Waals surface area contributed by atoms with Gasteiger partial charge in [0.05, 0.1) is 0 Å². The Hall–Kier alpha value is -1.37. The van der Waals surface area contributed by atoms with Crippen molar-refractivity contribution in [2.45, 2.75) is 5.76 Å². The number of rotatable bonds is 4. The number of nitrogens with one attached hydrogen (secondary N) is 2. The van der Waals surface area contributed by atoms with Crippen molar-refractivity contribution in [3.8, 4) is 0 Å². The normalized spacial score (nSPS) is 11.5. The molecule has 0 heterocycles. The first kappa shape index (κ1) is 11.7. The van der Waals surface area contributed by atoms with Crippen LogP contribution in [-0.4, -0.2) is 21.2 Å². The highest BCUT2D eigenvalue weighted by atomic mass is 32.2. The molecule has 2 N–H and O–H groups in total. The van der Waals surface area contributed by atoms with Crippen LogP contribution < -0.4 is 10.0 Å². The van der Waals surface area contributed by atoms with Gasteiger partial charge in [-0.2, -0.15) is 8.78 Å². The minimum atomic E-state index is -4.57. The van der Waals surface area contributed by atoms with Crippen molar-refractivity contribution in [1.82, 2.24) is 0 Å². The maximum atomic E-state index is 12.0. The molecule has 0 saturated carbocycles. The minimum Gasteiger partial charge on any atom is -0.388 e. The fourth-order valence-electron chi connectivity index (χ4n) is 0.914. The standard InChI is InChI=1S/C8H10F2N2O2S/c1-11-6-2-4-7(5-3-6)12-15(13,14)8(9)10/h2-5,8,11-12H,1H3. The largest absolute Gasteiger partial charge is 0.388 e. The maximum Gasteiger partial charge on any atom is 0.355 e. The third kappa shape index (κ3) is 3.05. The monoisotopic (exact) mass is 236 g/mol. The average molecular weight is 236 g/mol. The number of benzene rings is 1. The average Bonchev–Trinajstić information content (AvgIpc) is 2.18. The number of alkyl halides is 2. The first-order chi connectivity index (χ1) is 6.95. The van der Waals surface area contributed by atoms with Crippen LogP contribution in [0.5, 0.6) is 0 Å². The summed E-state index contributed by atoms with van der Waals surface area (Å²) in [5, 5.41) is 2.81. The van der Waals surface area contributed by atoms with E-state index in [2.05, 4.69) is 5.32 Å². The number of halogens is 2. The Balaban J connectivity index is 2.82. The Kier molecular flexibility index (Phi) is 3.46. The zero-order chi connectivity index (χ0) is 11.5. The van der Waals surface area contributed by atoms with Crippen LogP contribution in [0.2, 0.25) is 0 Å². The molecule has 0 bridgehead atoms. The van der Waals surface area contributed by atoms with Gasteiger partial charge in [-0.25, -0.2) is 8.42 Å². The molecule has 1 aromatic rings. The molecule has 1 aromatic carbocycles. The highest BCUT2D eigenvalue weighted by molar-refractivity contribution is 7.93. The molecule has 0 aromatic heterocycles. The molecule has 7 heteroatoms. The second-order valence-corrected chi connectivity index (χ2v) is 4.39. The van der Waals surface area contributed by atoms with E-state index in [4.69, 9.17) is 0 Å². The maximum absolute atomic E-state index is 12.0. The lowest BCUT2D eigenvalue weighted by Gasteiger charge is -2.07. The van der Waals surface area contributed by atoms with Crippen molar-refractivity contribution in [3.05, 3.63) is 24.3 Å².